The minimum absolute atomic E-state index is 0.173. The molecule has 1 unspecified atom stereocenters. The van der Waals surface area contributed by atoms with Crippen LogP contribution in [0.5, 0.6) is 0 Å². The van der Waals surface area contributed by atoms with Crippen LogP contribution < -0.4 is 0 Å². The summed E-state index contributed by atoms with van der Waals surface area (Å²) in [5, 5.41) is 1.19. The summed E-state index contributed by atoms with van der Waals surface area (Å²) in [5.74, 6) is 0.178. The van der Waals surface area contributed by atoms with E-state index in [1.54, 1.807) is 0 Å². The molecule has 3 rings (SSSR count). The summed E-state index contributed by atoms with van der Waals surface area (Å²) in [6.45, 7) is 6.72. The molecule has 0 radical (unpaired) electrons. The number of benzene rings is 1. The molecule has 106 valence electrons. The monoisotopic (exact) mass is 272 g/mol. The van der Waals surface area contributed by atoms with E-state index in [1.807, 2.05) is 24.0 Å². The van der Waals surface area contributed by atoms with Gasteiger partial charge in [-0.3, -0.25) is 4.79 Å². The highest BCUT2D eigenvalue weighted by atomic mass is 16.5. The number of carbonyl (C=O) groups is 1. The van der Waals surface area contributed by atoms with Crippen LogP contribution in [0.4, 0.5) is 0 Å². The van der Waals surface area contributed by atoms with E-state index < -0.39 is 0 Å². The van der Waals surface area contributed by atoms with E-state index in [-0.39, 0.29) is 11.9 Å². The van der Waals surface area contributed by atoms with Gasteiger partial charge in [0.2, 0.25) is 5.91 Å². The predicted octanol–water partition coefficient (Wildman–Crippen LogP) is 2.37. The lowest BCUT2D eigenvalue weighted by atomic mass is 10.2. The Kier molecular flexibility index (Phi) is 3.49. The van der Waals surface area contributed by atoms with Crippen molar-refractivity contribution in [3.05, 3.63) is 36.0 Å². The first-order chi connectivity index (χ1) is 9.68. The molecule has 0 spiro atoms. The van der Waals surface area contributed by atoms with Gasteiger partial charge in [-0.05, 0) is 31.4 Å². The number of carbonyl (C=O) groups excluding carboxylic acids is 1. The maximum absolute atomic E-state index is 12.6. The smallest absolute Gasteiger partial charge is 0.245 e. The third kappa shape index (κ3) is 2.20. The Morgan fingerprint density at radius 1 is 1.25 bits per heavy atom. The van der Waals surface area contributed by atoms with Crippen molar-refractivity contribution in [3.63, 3.8) is 0 Å². The van der Waals surface area contributed by atoms with Crippen molar-refractivity contribution in [3.8, 4) is 0 Å². The molecule has 1 atom stereocenters. The van der Waals surface area contributed by atoms with Crippen molar-refractivity contribution in [2.45, 2.75) is 19.9 Å². The summed E-state index contributed by atoms with van der Waals surface area (Å²) in [6, 6.07) is 10.2. The van der Waals surface area contributed by atoms with E-state index in [2.05, 4.69) is 29.7 Å². The van der Waals surface area contributed by atoms with Crippen molar-refractivity contribution < 1.29 is 9.53 Å². The first kappa shape index (κ1) is 13.2. The SMILES string of the molecule is Cc1cc2ccccc2n1C(C)C(=O)N1CCOCC1. The molecule has 1 amide bonds. The van der Waals surface area contributed by atoms with Crippen LogP contribution in [0.1, 0.15) is 18.7 Å². The van der Waals surface area contributed by atoms with Crippen LogP contribution >= 0.6 is 0 Å². The highest BCUT2D eigenvalue weighted by Crippen LogP contribution is 2.25. The third-order valence-electron chi connectivity index (χ3n) is 4.01. The fraction of sp³-hybridized carbons (Fsp3) is 0.438. The van der Waals surface area contributed by atoms with E-state index >= 15 is 0 Å². The first-order valence-corrected chi connectivity index (χ1v) is 7.11. The Balaban J connectivity index is 1.93. The van der Waals surface area contributed by atoms with E-state index in [0.29, 0.717) is 26.3 Å². The molecule has 1 aromatic heterocycles. The molecule has 0 N–H and O–H groups in total. The second kappa shape index (κ2) is 5.29. The van der Waals surface area contributed by atoms with Gasteiger partial charge in [0.05, 0.1) is 13.2 Å². The van der Waals surface area contributed by atoms with Crippen molar-refractivity contribution in [2.24, 2.45) is 0 Å². The molecule has 1 aliphatic rings. The maximum Gasteiger partial charge on any atom is 0.245 e. The van der Waals surface area contributed by atoms with Gasteiger partial charge in [0.25, 0.3) is 0 Å². The second-order valence-electron chi connectivity index (χ2n) is 5.33. The highest BCUT2D eigenvalue weighted by molar-refractivity contribution is 5.86. The number of morpholine rings is 1. The van der Waals surface area contributed by atoms with Crippen molar-refractivity contribution >= 4 is 16.8 Å². The zero-order valence-electron chi connectivity index (χ0n) is 12.0. The molecule has 4 heteroatoms. The molecule has 1 saturated heterocycles. The minimum Gasteiger partial charge on any atom is -0.378 e. The second-order valence-corrected chi connectivity index (χ2v) is 5.33. The number of para-hydroxylation sites is 1. The zero-order valence-corrected chi connectivity index (χ0v) is 12.0. The van der Waals surface area contributed by atoms with E-state index in [1.165, 1.54) is 5.39 Å². The molecule has 20 heavy (non-hydrogen) atoms. The van der Waals surface area contributed by atoms with Gasteiger partial charge in [0.1, 0.15) is 6.04 Å². The van der Waals surface area contributed by atoms with Crippen molar-refractivity contribution in [1.29, 1.82) is 0 Å². The van der Waals surface area contributed by atoms with E-state index in [9.17, 15) is 4.79 Å². The van der Waals surface area contributed by atoms with E-state index in [4.69, 9.17) is 4.74 Å². The van der Waals surface area contributed by atoms with Crippen molar-refractivity contribution in [2.75, 3.05) is 26.3 Å². The minimum atomic E-state index is -0.173. The van der Waals surface area contributed by atoms with E-state index in [0.717, 1.165) is 11.2 Å². The summed E-state index contributed by atoms with van der Waals surface area (Å²) >= 11 is 0. The van der Waals surface area contributed by atoms with Crippen LogP contribution in [0.2, 0.25) is 0 Å². The molecule has 0 aliphatic carbocycles. The largest absolute Gasteiger partial charge is 0.378 e. The van der Waals surface area contributed by atoms with Gasteiger partial charge in [0, 0.05) is 24.3 Å². The molecule has 2 aromatic rings. The number of hydrogen-bond acceptors (Lipinski definition) is 2. The zero-order chi connectivity index (χ0) is 14.1. The van der Waals surface area contributed by atoms with Crippen LogP contribution in [0.3, 0.4) is 0 Å². The molecule has 0 bridgehead atoms. The standard InChI is InChI=1S/C16H20N2O2/c1-12-11-14-5-3-4-6-15(14)18(12)13(2)16(19)17-7-9-20-10-8-17/h3-6,11,13H,7-10H2,1-2H3. The van der Waals surface area contributed by atoms with Gasteiger partial charge in [-0.1, -0.05) is 18.2 Å². The molecule has 4 nitrogen and oxygen atoms in total. The number of nitrogens with zero attached hydrogens (tertiary/aromatic N) is 2. The number of aromatic nitrogens is 1. The lowest BCUT2D eigenvalue weighted by molar-refractivity contribution is -0.138. The summed E-state index contributed by atoms with van der Waals surface area (Å²) in [6.07, 6.45) is 0. The molecule has 1 aromatic carbocycles. The lowest BCUT2D eigenvalue weighted by Crippen LogP contribution is -2.43. The Bertz CT molecular complexity index is 626. The van der Waals surface area contributed by atoms with Gasteiger partial charge >= 0.3 is 0 Å². The van der Waals surface area contributed by atoms with Crippen molar-refractivity contribution in [1.82, 2.24) is 9.47 Å². The molecular weight excluding hydrogens is 252 g/mol. The maximum atomic E-state index is 12.6. The highest BCUT2D eigenvalue weighted by Gasteiger charge is 2.25. The average molecular weight is 272 g/mol. The number of rotatable bonds is 2. The first-order valence-electron chi connectivity index (χ1n) is 7.11. The normalized spacial score (nSPS) is 17.4. The van der Waals surface area contributed by atoms with Crippen LogP contribution in [-0.4, -0.2) is 41.7 Å². The number of hydrogen-bond donors (Lipinski definition) is 0. The Morgan fingerprint density at radius 3 is 2.70 bits per heavy atom. The van der Waals surface area contributed by atoms with Gasteiger partial charge in [0.15, 0.2) is 0 Å². The fourth-order valence-corrected chi connectivity index (χ4v) is 2.99. The summed E-state index contributed by atoms with van der Waals surface area (Å²) in [5.41, 5.74) is 2.25. The summed E-state index contributed by atoms with van der Waals surface area (Å²) < 4.78 is 7.45. The van der Waals surface area contributed by atoms with Crippen LogP contribution in [0.15, 0.2) is 30.3 Å². The third-order valence-corrected chi connectivity index (χ3v) is 4.01. The summed E-state index contributed by atoms with van der Waals surface area (Å²) in [4.78, 5) is 14.5. The molecule has 1 aliphatic heterocycles. The lowest BCUT2D eigenvalue weighted by Gasteiger charge is -2.30. The Labute approximate surface area is 118 Å². The Morgan fingerprint density at radius 2 is 1.95 bits per heavy atom. The predicted molar refractivity (Wildman–Crippen MR) is 78.8 cm³/mol. The van der Waals surface area contributed by atoms with Gasteiger partial charge in [-0.15, -0.1) is 0 Å². The molecular formula is C16H20N2O2. The van der Waals surface area contributed by atoms with Gasteiger partial charge in [-0.2, -0.15) is 0 Å². The number of ether oxygens (including phenoxy) is 1. The summed E-state index contributed by atoms with van der Waals surface area (Å²) in [7, 11) is 0. The topological polar surface area (TPSA) is 34.5 Å². The quantitative estimate of drug-likeness (QED) is 0.841. The average Bonchev–Trinajstić information content (AvgIpc) is 2.82. The fourth-order valence-electron chi connectivity index (χ4n) is 2.99. The molecule has 2 heterocycles. The van der Waals surface area contributed by atoms with Crippen LogP contribution in [0, 0.1) is 6.92 Å². The van der Waals surface area contributed by atoms with Crippen LogP contribution in [0.25, 0.3) is 10.9 Å². The Hall–Kier alpha value is -1.81. The van der Waals surface area contributed by atoms with Gasteiger partial charge in [-0.25, -0.2) is 0 Å². The molecule has 1 fully saturated rings. The van der Waals surface area contributed by atoms with Gasteiger partial charge < -0.3 is 14.2 Å². The number of aryl methyl sites for hydroxylation is 1. The number of amides is 1. The molecule has 0 saturated carbocycles. The number of fused-ring (bicyclic) bond motifs is 1. The van der Waals surface area contributed by atoms with Crippen LogP contribution in [-0.2, 0) is 9.53 Å².